The summed E-state index contributed by atoms with van der Waals surface area (Å²) < 4.78 is 12.5. The lowest BCUT2D eigenvalue weighted by molar-refractivity contribution is 0.0211. The maximum Gasteiger partial charge on any atom is 0.410 e. The molecular weight excluding hydrogens is 498 g/mol. The number of hydrogen-bond acceptors (Lipinski definition) is 6. The van der Waals surface area contributed by atoms with E-state index in [0.29, 0.717) is 37.9 Å². The average molecular weight is 542 g/mol. The van der Waals surface area contributed by atoms with Gasteiger partial charge in [0, 0.05) is 24.7 Å². The zero-order valence-electron chi connectivity index (χ0n) is 24.5. The molecule has 0 aliphatic carbocycles. The quantitative estimate of drug-likeness (QED) is 0.497. The van der Waals surface area contributed by atoms with Gasteiger partial charge in [-0.1, -0.05) is 24.3 Å². The van der Waals surface area contributed by atoms with Gasteiger partial charge in [0.1, 0.15) is 17.2 Å². The van der Waals surface area contributed by atoms with E-state index in [1.54, 1.807) is 72.2 Å². The van der Waals surface area contributed by atoms with Crippen LogP contribution in [0.25, 0.3) is 17.0 Å². The molecule has 1 aliphatic rings. The summed E-state index contributed by atoms with van der Waals surface area (Å²) in [6, 6.07) is 5.01. The highest BCUT2D eigenvalue weighted by Gasteiger charge is 2.38. The van der Waals surface area contributed by atoms with Crippen molar-refractivity contribution in [2.45, 2.75) is 97.5 Å². The minimum Gasteiger partial charge on any atom is -0.444 e. The molecule has 1 aromatic heterocycles. The van der Waals surface area contributed by atoms with E-state index >= 15 is 0 Å². The fraction of sp³-hybridized carbons (Fsp3) is 0.567. The molecular formula is C30H43N3O6. The van der Waals surface area contributed by atoms with Crippen LogP contribution in [0.4, 0.5) is 9.59 Å². The van der Waals surface area contributed by atoms with Gasteiger partial charge >= 0.3 is 12.2 Å². The third-order valence-corrected chi connectivity index (χ3v) is 6.08. The molecule has 0 bridgehead atoms. The van der Waals surface area contributed by atoms with Crippen LogP contribution in [0.3, 0.4) is 0 Å². The number of ether oxygens (including phenoxy) is 2. The highest BCUT2D eigenvalue weighted by atomic mass is 16.6. The van der Waals surface area contributed by atoms with E-state index in [2.05, 4.69) is 5.32 Å². The van der Waals surface area contributed by atoms with Crippen LogP contribution in [0.15, 0.2) is 30.5 Å². The van der Waals surface area contributed by atoms with E-state index in [0.717, 1.165) is 16.5 Å². The van der Waals surface area contributed by atoms with Gasteiger partial charge in [0.2, 0.25) is 0 Å². The Morgan fingerprint density at radius 1 is 1.05 bits per heavy atom. The van der Waals surface area contributed by atoms with E-state index in [1.807, 2.05) is 24.3 Å². The second-order valence-corrected chi connectivity index (χ2v) is 12.6. The second kappa shape index (κ2) is 11.4. The first-order valence-electron chi connectivity index (χ1n) is 13.5. The van der Waals surface area contributed by atoms with Crippen LogP contribution in [-0.2, 0) is 15.9 Å². The number of alkyl carbamates (subject to hydrolysis) is 1. The van der Waals surface area contributed by atoms with E-state index in [-0.39, 0.29) is 5.91 Å². The lowest BCUT2D eigenvalue weighted by Gasteiger charge is -2.28. The number of fused-ring (bicyclic) bond motifs is 1. The number of amides is 2. The minimum atomic E-state index is -1.02. The van der Waals surface area contributed by atoms with Crippen molar-refractivity contribution in [2.75, 3.05) is 13.1 Å². The number of hydrogen-bond donors (Lipinski definition) is 2. The molecule has 1 unspecified atom stereocenters. The van der Waals surface area contributed by atoms with Gasteiger partial charge in [-0.2, -0.15) is 0 Å². The Morgan fingerprint density at radius 3 is 2.33 bits per heavy atom. The van der Waals surface area contributed by atoms with Gasteiger partial charge in [0.25, 0.3) is 5.91 Å². The second-order valence-electron chi connectivity index (χ2n) is 12.6. The molecule has 0 saturated carbocycles. The van der Waals surface area contributed by atoms with Crippen molar-refractivity contribution in [3.05, 3.63) is 41.6 Å². The summed E-state index contributed by atoms with van der Waals surface area (Å²) in [5, 5.41) is 13.9. The third kappa shape index (κ3) is 8.33. The van der Waals surface area contributed by atoms with Crippen molar-refractivity contribution in [2.24, 2.45) is 0 Å². The monoisotopic (exact) mass is 541 g/mol. The lowest BCUT2D eigenvalue weighted by atomic mass is 10.0. The van der Waals surface area contributed by atoms with Crippen molar-refractivity contribution in [3.63, 3.8) is 0 Å². The highest BCUT2D eigenvalue weighted by molar-refractivity contribution is 6.01. The van der Waals surface area contributed by atoms with Gasteiger partial charge in [-0.3, -0.25) is 14.3 Å². The summed E-state index contributed by atoms with van der Waals surface area (Å²) in [6.45, 7) is 15.0. The van der Waals surface area contributed by atoms with Crippen LogP contribution < -0.4 is 5.32 Å². The Labute approximate surface area is 231 Å². The Balaban J connectivity index is 1.97. The smallest absolute Gasteiger partial charge is 0.410 e. The summed E-state index contributed by atoms with van der Waals surface area (Å²) >= 11 is 0. The minimum absolute atomic E-state index is 0.210. The first-order chi connectivity index (χ1) is 18.0. The van der Waals surface area contributed by atoms with E-state index in [9.17, 15) is 19.5 Å². The maximum atomic E-state index is 13.9. The Kier molecular flexibility index (Phi) is 8.85. The molecule has 9 nitrogen and oxygen atoms in total. The summed E-state index contributed by atoms with van der Waals surface area (Å²) in [6.07, 6.45) is 6.02. The van der Waals surface area contributed by atoms with Crippen LogP contribution >= 0.6 is 0 Å². The number of carbonyl (C=O) groups excluding carboxylic acids is 3. The summed E-state index contributed by atoms with van der Waals surface area (Å²) in [4.78, 5) is 40.5. The predicted molar refractivity (Wildman–Crippen MR) is 152 cm³/mol. The molecule has 2 aromatic rings. The molecule has 3 rings (SSSR count). The number of nitrogens with one attached hydrogen (secondary N) is 1. The standard InChI is InChI=1S/C30H43N3O6/c1-28(2,3)38-26(35)31-17-15-21-19-33(22-12-9-11-20(24(21)22)14-16-30(7,8)37)25(34)23-13-10-18-32(23)27(36)39-29(4,5)6/h9,11-12,14,16,19,23,37H,10,13,15,17-18H2,1-8H3,(H,31,35)/b16-14+. The SMILES string of the molecule is CC(C)(O)/C=C/c1cccc2c1c(CCNC(=O)OC(C)(C)C)cn2C(=O)C1CCCN1C(=O)OC(C)(C)C. The number of benzene rings is 1. The molecule has 1 aromatic carbocycles. The lowest BCUT2D eigenvalue weighted by Crippen LogP contribution is -2.44. The van der Waals surface area contributed by atoms with Gasteiger partial charge in [0.15, 0.2) is 0 Å². The molecule has 0 radical (unpaired) electrons. The van der Waals surface area contributed by atoms with Crippen LogP contribution in [0, 0.1) is 0 Å². The fourth-order valence-corrected chi connectivity index (χ4v) is 4.54. The van der Waals surface area contributed by atoms with Gasteiger partial charge in [-0.05, 0) is 91.8 Å². The summed E-state index contributed by atoms with van der Waals surface area (Å²) in [5.41, 5.74) is 0.0978. The van der Waals surface area contributed by atoms with Crippen molar-refractivity contribution in [1.29, 1.82) is 0 Å². The van der Waals surface area contributed by atoms with Crippen LogP contribution in [-0.4, -0.2) is 68.6 Å². The van der Waals surface area contributed by atoms with Crippen molar-refractivity contribution in [1.82, 2.24) is 14.8 Å². The first kappa shape index (κ1) is 30.2. The number of aliphatic hydroxyl groups is 1. The van der Waals surface area contributed by atoms with Crippen LogP contribution in [0.5, 0.6) is 0 Å². The van der Waals surface area contributed by atoms with E-state index in [4.69, 9.17) is 9.47 Å². The zero-order chi connectivity index (χ0) is 29.2. The van der Waals surface area contributed by atoms with Crippen molar-refractivity contribution < 1.29 is 29.0 Å². The highest BCUT2D eigenvalue weighted by Crippen LogP contribution is 2.30. The Hall–Kier alpha value is -3.33. The molecule has 39 heavy (non-hydrogen) atoms. The summed E-state index contributed by atoms with van der Waals surface area (Å²) in [7, 11) is 0. The number of likely N-dealkylation sites (tertiary alicyclic amines) is 1. The average Bonchev–Trinajstić information content (AvgIpc) is 3.40. The topological polar surface area (TPSA) is 110 Å². The fourth-order valence-electron chi connectivity index (χ4n) is 4.54. The first-order valence-corrected chi connectivity index (χ1v) is 13.5. The van der Waals surface area contributed by atoms with Crippen molar-refractivity contribution in [3.8, 4) is 0 Å². The van der Waals surface area contributed by atoms with E-state index in [1.165, 1.54) is 4.90 Å². The zero-order valence-corrected chi connectivity index (χ0v) is 24.5. The molecule has 214 valence electrons. The molecule has 1 fully saturated rings. The summed E-state index contributed by atoms with van der Waals surface area (Å²) in [5.74, 6) is -0.210. The molecule has 9 heteroatoms. The van der Waals surface area contributed by atoms with Gasteiger partial charge < -0.3 is 19.9 Å². The Morgan fingerprint density at radius 2 is 1.72 bits per heavy atom. The molecule has 1 atom stereocenters. The van der Waals surface area contributed by atoms with E-state index < -0.39 is 35.0 Å². The van der Waals surface area contributed by atoms with Gasteiger partial charge in [-0.15, -0.1) is 0 Å². The molecule has 1 saturated heterocycles. The van der Waals surface area contributed by atoms with Gasteiger partial charge in [-0.25, -0.2) is 9.59 Å². The third-order valence-electron chi connectivity index (χ3n) is 6.08. The largest absolute Gasteiger partial charge is 0.444 e. The molecule has 2 amide bonds. The van der Waals surface area contributed by atoms with Crippen molar-refractivity contribution >= 4 is 35.1 Å². The number of nitrogens with zero attached hydrogens (tertiary/aromatic N) is 2. The predicted octanol–water partition coefficient (Wildman–Crippen LogP) is 5.53. The van der Waals surface area contributed by atoms with Crippen LogP contribution in [0.2, 0.25) is 0 Å². The molecule has 1 aliphatic heterocycles. The number of aromatic nitrogens is 1. The number of rotatable bonds is 6. The van der Waals surface area contributed by atoms with Gasteiger partial charge in [0.05, 0.1) is 11.1 Å². The normalized spacial score (nSPS) is 16.6. The molecule has 0 spiro atoms. The van der Waals surface area contributed by atoms with Crippen LogP contribution in [0.1, 0.15) is 84.2 Å². The maximum absolute atomic E-state index is 13.9. The number of carbonyl (C=O) groups is 3. The molecule has 2 N–H and O–H groups in total. The molecule has 2 heterocycles. The Bertz CT molecular complexity index is 1240.